The summed E-state index contributed by atoms with van der Waals surface area (Å²) >= 11 is 0. The van der Waals surface area contributed by atoms with E-state index in [0.29, 0.717) is 28.6 Å². The molecule has 1 aliphatic heterocycles. The lowest BCUT2D eigenvalue weighted by Gasteiger charge is -2.23. The van der Waals surface area contributed by atoms with E-state index >= 15 is 0 Å². The lowest BCUT2D eigenvalue weighted by Crippen LogP contribution is -2.40. The molecule has 8 nitrogen and oxygen atoms in total. The number of nitrogens with one attached hydrogen (secondary N) is 1. The fraction of sp³-hybridized carbons (Fsp3) is 0.227. The first-order valence-corrected chi connectivity index (χ1v) is 9.32. The molecular formula is C22H21N3O5. The number of benzene rings is 2. The van der Waals surface area contributed by atoms with Gasteiger partial charge >= 0.3 is 6.03 Å². The molecule has 1 unspecified atom stereocenters. The Morgan fingerprint density at radius 2 is 1.80 bits per heavy atom. The number of ether oxygens (including phenoxy) is 2. The standard InChI is InChI=1S/C22H21N3O5/c1-22(15-9-10-17(28-2)18(11-15)29-3)20(26)25(21(27)24-22)12-16-13-30-19(23-16)14-7-5-4-6-8-14/h4-11,13H,12H2,1-3H3,(H,24,27). The van der Waals surface area contributed by atoms with Crippen LogP contribution < -0.4 is 14.8 Å². The zero-order chi connectivity index (χ0) is 21.3. The number of oxazole rings is 1. The van der Waals surface area contributed by atoms with Gasteiger partial charge in [-0.3, -0.25) is 9.69 Å². The summed E-state index contributed by atoms with van der Waals surface area (Å²) in [6.07, 6.45) is 1.45. The van der Waals surface area contributed by atoms with E-state index in [0.717, 1.165) is 10.5 Å². The van der Waals surface area contributed by atoms with Crippen molar-refractivity contribution in [1.29, 1.82) is 0 Å². The molecule has 0 bridgehead atoms. The molecule has 1 saturated heterocycles. The average Bonchev–Trinajstić information content (AvgIpc) is 3.33. The van der Waals surface area contributed by atoms with Crippen molar-refractivity contribution in [3.05, 3.63) is 66.1 Å². The van der Waals surface area contributed by atoms with Gasteiger partial charge < -0.3 is 19.2 Å². The third-order valence-corrected chi connectivity index (χ3v) is 5.13. The number of amides is 3. The van der Waals surface area contributed by atoms with Crippen LogP contribution in [0.15, 0.2) is 59.2 Å². The first kappa shape index (κ1) is 19.5. The van der Waals surface area contributed by atoms with Gasteiger partial charge in [-0.25, -0.2) is 9.78 Å². The molecule has 2 aromatic carbocycles. The Morgan fingerprint density at radius 1 is 1.07 bits per heavy atom. The summed E-state index contributed by atoms with van der Waals surface area (Å²) in [7, 11) is 3.05. The molecule has 8 heteroatoms. The van der Waals surface area contributed by atoms with Gasteiger partial charge in [0.15, 0.2) is 11.5 Å². The van der Waals surface area contributed by atoms with Crippen LogP contribution in [0, 0.1) is 0 Å². The SMILES string of the molecule is COc1ccc(C2(C)NC(=O)N(Cc3coc(-c4ccccc4)n3)C2=O)cc1OC. The summed E-state index contributed by atoms with van der Waals surface area (Å²) in [5, 5.41) is 2.78. The minimum Gasteiger partial charge on any atom is -0.493 e. The number of rotatable bonds is 6. The first-order valence-electron chi connectivity index (χ1n) is 9.32. The lowest BCUT2D eigenvalue weighted by molar-refractivity contribution is -0.131. The smallest absolute Gasteiger partial charge is 0.325 e. The largest absolute Gasteiger partial charge is 0.493 e. The van der Waals surface area contributed by atoms with Crippen molar-refractivity contribution < 1.29 is 23.5 Å². The Bertz CT molecular complexity index is 1100. The van der Waals surface area contributed by atoms with Gasteiger partial charge in [0, 0.05) is 5.56 Å². The fourth-order valence-corrected chi connectivity index (χ4v) is 3.44. The Hall–Kier alpha value is -3.81. The van der Waals surface area contributed by atoms with Crippen molar-refractivity contribution in [2.45, 2.75) is 19.0 Å². The van der Waals surface area contributed by atoms with Crippen LogP contribution in [0.2, 0.25) is 0 Å². The van der Waals surface area contributed by atoms with E-state index in [9.17, 15) is 9.59 Å². The van der Waals surface area contributed by atoms with Gasteiger partial charge in [0.05, 0.1) is 26.5 Å². The van der Waals surface area contributed by atoms with Crippen molar-refractivity contribution in [1.82, 2.24) is 15.2 Å². The number of methoxy groups -OCH3 is 2. The summed E-state index contributed by atoms with van der Waals surface area (Å²) in [6, 6.07) is 14.0. The number of urea groups is 1. The summed E-state index contributed by atoms with van der Waals surface area (Å²) in [5.74, 6) is 1.06. The van der Waals surface area contributed by atoms with E-state index in [-0.39, 0.29) is 12.5 Å². The van der Waals surface area contributed by atoms with Gasteiger partial charge in [0.25, 0.3) is 5.91 Å². The second-order valence-electron chi connectivity index (χ2n) is 7.03. The van der Waals surface area contributed by atoms with Gasteiger partial charge in [0.1, 0.15) is 11.8 Å². The van der Waals surface area contributed by atoms with Crippen LogP contribution in [0.25, 0.3) is 11.5 Å². The van der Waals surface area contributed by atoms with Crippen molar-refractivity contribution >= 4 is 11.9 Å². The summed E-state index contributed by atoms with van der Waals surface area (Å²) in [5.41, 5.74) is 0.652. The summed E-state index contributed by atoms with van der Waals surface area (Å²) in [6.45, 7) is 1.66. The molecule has 3 amide bonds. The molecular weight excluding hydrogens is 386 g/mol. The molecule has 0 aliphatic carbocycles. The van der Waals surface area contributed by atoms with Crippen LogP contribution in [0.1, 0.15) is 18.2 Å². The van der Waals surface area contributed by atoms with Gasteiger partial charge in [-0.15, -0.1) is 0 Å². The van der Waals surface area contributed by atoms with Crippen LogP contribution in [0.5, 0.6) is 11.5 Å². The van der Waals surface area contributed by atoms with Crippen molar-refractivity contribution in [3.63, 3.8) is 0 Å². The van der Waals surface area contributed by atoms with Crippen molar-refractivity contribution in [2.24, 2.45) is 0 Å². The van der Waals surface area contributed by atoms with E-state index in [2.05, 4.69) is 10.3 Å². The molecule has 30 heavy (non-hydrogen) atoms. The van der Waals surface area contributed by atoms with E-state index in [4.69, 9.17) is 13.9 Å². The lowest BCUT2D eigenvalue weighted by atomic mass is 9.91. The van der Waals surface area contributed by atoms with Crippen molar-refractivity contribution in [3.8, 4) is 23.0 Å². The maximum atomic E-state index is 13.2. The highest BCUT2D eigenvalue weighted by Gasteiger charge is 2.49. The zero-order valence-corrected chi connectivity index (χ0v) is 16.8. The Balaban J connectivity index is 1.58. The third kappa shape index (κ3) is 3.26. The van der Waals surface area contributed by atoms with Crippen LogP contribution in [-0.4, -0.2) is 36.0 Å². The van der Waals surface area contributed by atoms with Crippen LogP contribution >= 0.6 is 0 Å². The molecule has 2 heterocycles. The number of imide groups is 1. The van der Waals surface area contributed by atoms with Gasteiger partial charge in [0.2, 0.25) is 5.89 Å². The van der Waals surface area contributed by atoms with Crippen LogP contribution in [0.3, 0.4) is 0 Å². The topological polar surface area (TPSA) is 93.9 Å². The quantitative estimate of drug-likeness (QED) is 0.630. The van der Waals surface area contributed by atoms with Gasteiger partial charge in [-0.2, -0.15) is 0 Å². The Labute approximate surface area is 173 Å². The van der Waals surface area contributed by atoms with E-state index in [1.165, 1.54) is 20.5 Å². The molecule has 1 aromatic heterocycles. The molecule has 0 radical (unpaired) electrons. The number of hydrogen-bond donors (Lipinski definition) is 1. The molecule has 1 fully saturated rings. The highest BCUT2D eigenvalue weighted by molar-refractivity contribution is 6.07. The Morgan fingerprint density at radius 3 is 2.50 bits per heavy atom. The van der Waals surface area contributed by atoms with Gasteiger partial charge in [-0.1, -0.05) is 24.3 Å². The molecule has 154 valence electrons. The normalized spacial score (nSPS) is 18.4. The highest BCUT2D eigenvalue weighted by Crippen LogP contribution is 2.35. The predicted molar refractivity (Wildman–Crippen MR) is 108 cm³/mol. The minimum atomic E-state index is -1.23. The average molecular weight is 407 g/mol. The number of carbonyl (C=O) groups is 2. The number of nitrogens with zero attached hydrogens (tertiary/aromatic N) is 2. The molecule has 0 saturated carbocycles. The zero-order valence-electron chi connectivity index (χ0n) is 16.8. The predicted octanol–water partition coefficient (Wildman–Crippen LogP) is 3.33. The van der Waals surface area contributed by atoms with E-state index in [1.54, 1.807) is 25.1 Å². The van der Waals surface area contributed by atoms with Gasteiger partial charge in [-0.05, 0) is 36.8 Å². The first-order chi connectivity index (χ1) is 14.5. The minimum absolute atomic E-state index is 0.00385. The maximum Gasteiger partial charge on any atom is 0.325 e. The maximum absolute atomic E-state index is 13.2. The molecule has 4 rings (SSSR count). The molecule has 1 N–H and O–H groups in total. The third-order valence-electron chi connectivity index (χ3n) is 5.13. The second kappa shape index (κ2) is 7.55. The molecule has 1 atom stereocenters. The number of hydrogen-bond acceptors (Lipinski definition) is 6. The summed E-state index contributed by atoms with van der Waals surface area (Å²) in [4.78, 5) is 31.3. The number of aromatic nitrogens is 1. The number of carbonyl (C=O) groups excluding carboxylic acids is 2. The summed E-state index contributed by atoms with van der Waals surface area (Å²) < 4.78 is 16.1. The van der Waals surface area contributed by atoms with E-state index < -0.39 is 11.6 Å². The second-order valence-corrected chi connectivity index (χ2v) is 7.03. The molecule has 3 aromatic rings. The highest BCUT2D eigenvalue weighted by atomic mass is 16.5. The Kier molecular flexibility index (Phi) is 4.91. The fourth-order valence-electron chi connectivity index (χ4n) is 3.44. The molecule has 1 aliphatic rings. The van der Waals surface area contributed by atoms with Crippen LogP contribution in [-0.2, 0) is 16.9 Å². The van der Waals surface area contributed by atoms with Crippen molar-refractivity contribution in [2.75, 3.05) is 14.2 Å². The van der Waals surface area contributed by atoms with Crippen LogP contribution in [0.4, 0.5) is 4.79 Å². The van der Waals surface area contributed by atoms with E-state index in [1.807, 2.05) is 30.3 Å². The molecule has 0 spiro atoms. The monoisotopic (exact) mass is 407 g/mol.